The Hall–Kier alpha value is 0.270. The van der Waals surface area contributed by atoms with Gasteiger partial charge in [0, 0.05) is 12.6 Å². The first-order chi connectivity index (χ1) is 9.66. The van der Waals surface area contributed by atoms with Crippen molar-refractivity contribution < 1.29 is 4.74 Å². The maximum atomic E-state index is 6.29. The molecule has 0 radical (unpaired) electrons. The normalized spacial score (nSPS) is 41.1. The van der Waals surface area contributed by atoms with Crippen LogP contribution in [0.1, 0.15) is 58.8 Å². The van der Waals surface area contributed by atoms with Gasteiger partial charge in [-0.15, -0.1) is 0 Å². The summed E-state index contributed by atoms with van der Waals surface area (Å²) in [7, 11) is 0. The van der Waals surface area contributed by atoms with Crippen molar-refractivity contribution in [2.45, 2.75) is 70.4 Å². The smallest absolute Gasteiger partial charge is 0.0701 e. The minimum atomic E-state index is 0.257. The van der Waals surface area contributed by atoms with Crippen LogP contribution < -0.4 is 5.32 Å². The first-order valence-corrected chi connectivity index (χ1v) is 9.76. The van der Waals surface area contributed by atoms with Crippen LogP contribution in [0.5, 0.6) is 0 Å². The Bertz CT molecular complexity index is 323. The summed E-state index contributed by atoms with van der Waals surface area (Å²) >= 11 is 2.11. The van der Waals surface area contributed by atoms with Gasteiger partial charge in [-0.1, -0.05) is 13.8 Å². The van der Waals surface area contributed by atoms with Crippen molar-refractivity contribution in [2.24, 2.45) is 11.3 Å². The Balaban J connectivity index is 1.64. The van der Waals surface area contributed by atoms with Crippen molar-refractivity contribution in [3.05, 3.63) is 0 Å². The summed E-state index contributed by atoms with van der Waals surface area (Å²) < 4.78 is 6.29. The second-order valence-electron chi connectivity index (χ2n) is 7.49. The lowest BCUT2D eigenvalue weighted by Crippen LogP contribution is -2.46. The van der Waals surface area contributed by atoms with Crippen LogP contribution in [0, 0.1) is 11.3 Å². The zero-order valence-electron chi connectivity index (χ0n) is 13.2. The van der Waals surface area contributed by atoms with Crippen molar-refractivity contribution in [1.29, 1.82) is 0 Å². The van der Waals surface area contributed by atoms with E-state index in [2.05, 4.69) is 30.9 Å². The van der Waals surface area contributed by atoms with Gasteiger partial charge >= 0.3 is 0 Å². The molecule has 3 aliphatic rings. The summed E-state index contributed by atoms with van der Waals surface area (Å²) in [5.74, 6) is 3.51. The molecule has 3 unspecified atom stereocenters. The van der Waals surface area contributed by atoms with E-state index in [0.29, 0.717) is 5.41 Å². The van der Waals surface area contributed by atoms with Gasteiger partial charge in [0.2, 0.25) is 0 Å². The molecule has 1 N–H and O–H groups in total. The van der Waals surface area contributed by atoms with Gasteiger partial charge in [0.1, 0.15) is 0 Å². The summed E-state index contributed by atoms with van der Waals surface area (Å²) in [5.41, 5.74) is 0.821. The molecule has 3 rings (SSSR count). The summed E-state index contributed by atoms with van der Waals surface area (Å²) in [4.78, 5) is 0. The van der Waals surface area contributed by atoms with Crippen molar-refractivity contribution in [3.8, 4) is 0 Å². The summed E-state index contributed by atoms with van der Waals surface area (Å²) in [5, 5.41) is 3.68. The number of nitrogens with one attached hydrogen (secondary N) is 1. The quantitative estimate of drug-likeness (QED) is 0.855. The predicted octanol–water partition coefficient (Wildman–Crippen LogP) is 3.85. The fraction of sp³-hybridized carbons (Fsp3) is 1.00. The van der Waals surface area contributed by atoms with Crippen LogP contribution in [0.25, 0.3) is 0 Å². The molecule has 0 amide bonds. The van der Waals surface area contributed by atoms with Gasteiger partial charge < -0.3 is 10.1 Å². The molecule has 3 heteroatoms. The molecule has 116 valence electrons. The molecule has 0 aromatic carbocycles. The van der Waals surface area contributed by atoms with Crippen LogP contribution in [0.2, 0.25) is 0 Å². The lowest BCUT2D eigenvalue weighted by molar-refractivity contribution is -0.122. The largest absolute Gasteiger partial charge is 0.375 e. The number of hydrogen-bond acceptors (Lipinski definition) is 3. The molecule has 20 heavy (non-hydrogen) atoms. The topological polar surface area (TPSA) is 21.3 Å². The van der Waals surface area contributed by atoms with Crippen LogP contribution in [0.3, 0.4) is 0 Å². The van der Waals surface area contributed by atoms with Crippen LogP contribution in [-0.4, -0.2) is 36.3 Å². The maximum Gasteiger partial charge on any atom is 0.0701 e. The second-order valence-corrected chi connectivity index (χ2v) is 8.71. The second kappa shape index (κ2) is 6.18. The highest BCUT2D eigenvalue weighted by Crippen LogP contribution is 2.52. The van der Waals surface area contributed by atoms with E-state index in [9.17, 15) is 0 Å². The standard InChI is InChI=1S/C17H31NOS/c1-3-18-15-4-6-16(2,13-15)14-5-9-19-17(12-14)7-10-20-11-8-17/h14-15,18H,3-13H2,1-2H3. The first kappa shape index (κ1) is 15.2. The Kier molecular flexibility index (Phi) is 4.69. The summed E-state index contributed by atoms with van der Waals surface area (Å²) in [6, 6.07) is 0.769. The van der Waals surface area contributed by atoms with E-state index >= 15 is 0 Å². The van der Waals surface area contributed by atoms with Crippen LogP contribution in [0.15, 0.2) is 0 Å². The lowest BCUT2D eigenvalue weighted by Gasteiger charge is -2.48. The fourth-order valence-electron chi connectivity index (χ4n) is 4.82. The van der Waals surface area contributed by atoms with Gasteiger partial charge in [-0.05, 0) is 74.3 Å². The molecule has 3 fully saturated rings. The van der Waals surface area contributed by atoms with E-state index in [0.717, 1.165) is 25.1 Å². The average Bonchev–Trinajstić information content (AvgIpc) is 2.83. The molecule has 3 atom stereocenters. The van der Waals surface area contributed by atoms with Crippen LogP contribution >= 0.6 is 11.8 Å². The molecule has 0 bridgehead atoms. The SMILES string of the molecule is CCNC1CCC(C)(C2CCOC3(CCSCC3)C2)C1. The van der Waals surface area contributed by atoms with Crippen molar-refractivity contribution in [2.75, 3.05) is 24.7 Å². The highest BCUT2D eigenvalue weighted by atomic mass is 32.2. The van der Waals surface area contributed by atoms with Crippen LogP contribution in [0.4, 0.5) is 0 Å². The minimum absolute atomic E-state index is 0.257. The third-order valence-corrected chi connectivity index (χ3v) is 7.14. The predicted molar refractivity (Wildman–Crippen MR) is 87.4 cm³/mol. The molecular formula is C17H31NOS. The molecule has 2 saturated heterocycles. The Morgan fingerprint density at radius 1 is 1.15 bits per heavy atom. The highest BCUT2D eigenvalue weighted by molar-refractivity contribution is 7.99. The molecule has 2 aliphatic heterocycles. The maximum absolute atomic E-state index is 6.29. The Morgan fingerprint density at radius 3 is 2.70 bits per heavy atom. The lowest BCUT2D eigenvalue weighted by atomic mass is 9.67. The number of hydrogen-bond donors (Lipinski definition) is 1. The van der Waals surface area contributed by atoms with Gasteiger partial charge in [-0.25, -0.2) is 0 Å². The third-order valence-electron chi connectivity index (χ3n) is 6.15. The molecule has 2 nitrogen and oxygen atoms in total. The molecule has 0 aromatic rings. The van der Waals surface area contributed by atoms with Gasteiger partial charge in [0.05, 0.1) is 5.60 Å². The molecule has 1 saturated carbocycles. The average molecular weight is 298 g/mol. The number of ether oxygens (including phenoxy) is 1. The van der Waals surface area contributed by atoms with Crippen LogP contribution in [-0.2, 0) is 4.74 Å². The van der Waals surface area contributed by atoms with Crippen molar-refractivity contribution >= 4 is 11.8 Å². The van der Waals surface area contributed by atoms with E-state index in [1.807, 2.05) is 0 Å². The van der Waals surface area contributed by atoms with E-state index < -0.39 is 0 Å². The number of rotatable bonds is 3. The van der Waals surface area contributed by atoms with E-state index in [1.165, 1.54) is 56.5 Å². The molecular weight excluding hydrogens is 266 g/mol. The van der Waals surface area contributed by atoms with Gasteiger partial charge in [-0.2, -0.15) is 11.8 Å². The molecule has 0 aromatic heterocycles. The Labute approximate surface area is 128 Å². The van der Waals surface area contributed by atoms with Gasteiger partial charge in [0.15, 0.2) is 0 Å². The highest BCUT2D eigenvalue weighted by Gasteiger charge is 2.47. The van der Waals surface area contributed by atoms with E-state index in [1.54, 1.807) is 0 Å². The minimum Gasteiger partial charge on any atom is -0.375 e. The monoisotopic (exact) mass is 297 g/mol. The van der Waals surface area contributed by atoms with Crippen molar-refractivity contribution in [3.63, 3.8) is 0 Å². The zero-order chi connectivity index (χ0) is 14.1. The van der Waals surface area contributed by atoms with Gasteiger partial charge in [-0.3, -0.25) is 0 Å². The van der Waals surface area contributed by atoms with E-state index in [-0.39, 0.29) is 5.60 Å². The summed E-state index contributed by atoms with van der Waals surface area (Å²) in [6.45, 7) is 6.93. The molecule has 1 aliphatic carbocycles. The Morgan fingerprint density at radius 2 is 1.95 bits per heavy atom. The third kappa shape index (κ3) is 3.05. The molecule has 2 heterocycles. The van der Waals surface area contributed by atoms with Crippen molar-refractivity contribution in [1.82, 2.24) is 5.32 Å². The summed E-state index contributed by atoms with van der Waals surface area (Å²) in [6.07, 6.45) is 9.40. The fourth-order valence-corrected chi connectivity index (χ4v) is 6.06. The zero-order valence-corrected chi connectivity index (χ0v) is 14.1. The van der Waals surface area contributed by atoms with E-state index in [4.69, 9.17) is 4.74 Å². The van der Waals surface area contributed by atoms with Gasteiger partial charge in [0.25, 0.3) is 0 Å². The molecule has 1 spiro atoms. The number of thioether (sulfide) groups is 1. The first-order valence-electron chi connectivity index (χ1n) is 8.61.